The predicted molar refractivity (Wildman–Crippen MR) is 142 cm³/mol. The largest absolute Gasteiger partial charge is 0.379 e. The van der Waals surface area contributed by atoms with Gasteiger partial charge in [-0.05, 0) is 34.1 Å². The molecule has 0 atom stereocenters. The molecule has 10 heteroatoms. The summed E-state index contributed by atoms with van der Waals surface area (Å²) in [6, 6.07) is 1.06. The fourth-order valence-electron chi connectivity index (χ4n) is 3.93. The van der Waals surface area contributed by atoms with Crippen molar-refractivity contribution >= 4 is 29.9 Å². The van der Waals surface area contributed by atoms with E-state index >= 15 is 0 Å². The van der Waals surface area contributed by atoms with Gasteiger partial charge in [0.1, 0.15) is 12.2 Å². The van der Waals surface area contributed by atoms with Crippen molar-refractivity contribution in [3.05, 3.63) is 12.2 Å². The lowest BCUT2D eigenvalue weighted by Crippen LogP contribution is -2.46. The summed E-state index contributed by atoms with van der Waals surface area (Å²) in [5.74, 6) is 1.91. The zero-order valence-corrected chi connectivity index (χ0v) is 23.0. The third-order valence-corrected chi connectivity index (χ3v) is 5.65. The molecule has 2 N–H and O–H groups in total. The summed E-state index contributed by atoms with van der Waals surface area (Å²) in [4.78, 5) is 9.79. The second-order valence-corrected chi connectivity index (χ2v) is 8.61. The lowest BCUT2D eigenvalue weighted by molar-refractivity contribution is 0.0377. The van der Waals surface area contributed by atoms with Gasteiger partial charge in [0.25, 0.3) is 0 Å². The summed E-state index contributed by atoms with van der Waals surface area (Å²) in [6.45, 7) is 20.3. The first-order valence-corrected chi connectivity index (χ1v) is 12.0. The molecule has 1 saturated heterocycles. The van der Waals surface area contributed by atoms with Crippen LogP contribution >= 0.6 is 24.0 Å². The number of nitrogens with zero attached hydrogens (tertiary/aromatic N) is 6. The minimum Gasteiger partial charge on any atom is -0.379 e. The summed E-state index contributed by atoms with van der Waals surface area (Å²) in [5.41, 5.74) is 0. The highest BCUT2D eigenvalue weighted by Crippen LogP contribution is 2.03. The highest BCUT2D eigenvalue weighted by molar-refractivity contribution is 14.0. The number of halogens is 1. The maximum absolute atomic E-state index is 5.43. The van der Waals surface area contributed by atoms with Crippen LogP contribution in [-0.2, 0) is 17.7 Å². The summed E-state index contributed by atoms with van der Waals surface area (Å²) < 4.78 is 7.53. The second kappa shape index (κ2) is 16.6. The van der Waals surface area contributed by atoms with E-state index in [1.165, 1.54) is 0 Å². The SMILES string of the molecule is CCc1nncn1CCNC(=NCCCN1CCOCC1)NCCN(C(C)C)C(C)C.I. The maximum Gasteiger partial charge on any atom is 0.191 e. The number of aromatic nitrogens is 3. The number of hydrogen-bond donors (Lipinski definition) is 2. The first-order valence-electron chi connectivity index (χ1n) is 12.0. The van der Waals surface area contributed by atoms with E-state index in [0.717, 1.165) is 90.2 Å². The topological polar surface area (TPSA) is 82.8 Å². The van der Waals surface area contributed by atoms with Crippen molar-refractivity contribution < 1.29 is 4.74 Å². The molecule has 1 aliphatic heterocycles. The third kappa shape index (κ3) is 10.8. The van der Waals surface area contributed by atoms with E-state index < -0.39 is 0 Å². The Labute approximate surface area is 211 Å². The Hall–Kier alpha value is -0.980. The minimum absolute atomic E-state index is 0. The predicted octanol–water partition coefficient (Wildman–Crippen LogP) is 1.83. The van der Waals surface area contributed by atoms with Gasteiger partial charge in [-0.15, -0.1) is 34.2 Å². The number of hydrogen-bond acceptors (Lipinski definition) is 6. The molecule has 1 aliphatic rings. The molecule has 0 radical (unpaired) electrons. The molecule has 0 bridgehead atoms. The molecule has 0 amide bonds. The molecule has 0 spiro atoms. The van der Waals surface area contributed by atoms with Crippen molar-refractivity contribution in [2.24, 2.45) is 4.99 Å². The minimum atomic E-state index is 0. The van der Waals surface area contributed by atoms with E-state index in [1.807, 2.05) is 0 Å². The van der Waals surface area contributed by atoms with Crippen LogP contribution in [0.2, 0.25) is 0 Å². The number of rotatable bonds is 13. The fraction of sp³-hybridized carbons (Fsp3) is 0.864. The molecular weight excluding hydrogens is 519 g/mol. The fourth-order valence-corrected chi connectivity index (χ4v) is 3.93. The quantitative estimate of drug-likeness (QED) is 0.164. The number of aliphatic imine (C=N–C) groups is 1. The molecule has 1 aromatic heterocycles. The Morgan fingerprint density at radius 1 is 1.12 bits per heavy atom. The Kier molecular flexibility index (Phi) is 15.1. The second-order valence-electron chi connectivity index (χ2n) is 8.61. The molecule has 1 fully saturated rings. The van der Waals surface area contributed by atoms with Crippen LogP contribution in [0.25, 0.3) is 0 Å². The van der Waals surface area contributed by atoms with Gasteiger partial charge in [-0.25, -0.2) is 0 Å². The number of aryl methyl sites for hydroxylation is 1. The lowest BCUT2D eigenvalue weighted by atomic mass is 10.2. The maximum atomic E-state index is 5.43. The van der Waals surface area contributed by atoms with E-state index in [2.05, 4.69) is 69.8 Å². The average Bonchev–Trinajstić information content (AvgIpc) is 3.21. The van der Waals surface area contributed by atoms with Gasteiger partial charge in [0.2, 0.25) is 0 Å². The van der Waals surface area contributed by atoms with Crippen LogP contribution in [0.15, 0.2) is 11.3 Å². The zero-order valence-electron chi connectivity index (χ0n) is 20.7. The van der Waals surface area contributed by atoms with Gasteiger partial charge in [0.05, 0.1) is 13.2 Å². The molecule has 2 rings (SSSR count). The van der Waals surface area contributed by atoms with Gasteiger partial charge in [-0.3, -0.25) is 14.8 Å². The zero-order chi connectivity index (χ0) is 22.5. The van der Waals surface area contributed by atoms with Crippen LogP contribution < -0.4 is 10.6 Å². The van der Waals surface area contributed by atoms with E-state index in [1.54, 1.807) is 6.33 Å². The molecule has 0 unspecified atom stereocenters. The first kappa shape index (κ1) is 29.1. The Balaban J connectivity index is 0.00000512. The van der Waals surface area contributed by atoms with Gasteiger partial charge >= 0.3 is 0 Å². The summed E-state index contributed by atoms with van der Waals surface area (Å²) in [7, 11) is 0. The lowest BCUT2D eigenvalue weighted by Gasteiger charge is -2.30. The van der Waals surface area contributed by atoms with E-state index in [4.69, 9.17) is 9.73 Å². The molecular formula is C22H45IN8O. The number of ether oxygens (including phenoxy) is 1. The average molecular weight is 565 g/mol. The summed E-state index contributed by atoms with van der Waals surface area (Å²) in [6.07, 6.45) is 3.75. The van der Waals surface area contributed by atoms with Gasteiger partial charge < -0.3 is 19.9 Å². The van der Waals surface area contributed by atoms with Crippen molar-refractivity contribution in [1.82, 2.24) is 35.2 Å². The Morgan fingerprint density at radius 2 is 1.81 bits per heavy atom. The third-order valence-electron chi connectivity index (χ3n) is 5.65. The van der Waals surface area contributed by atoms with Crippen LogP contribution in [0.1, 0.15) is 46.9 Å². The molecule has 0 aromatic carbocycles. The molecule has 0 aliphatic carbocycles. The smallest absolute Gasteiger partial charge is 0.191 e. The number of morpholine rings is 1. The highest BCUT2D eigenvalue weighted by atomic mass is 127. The van der Waals surface area contributed by atoms with Gasteiger partial charge in [0, 0.05) is 70.9 Å². The monoisotopic (exact) mass is 564 g/mol. The van der Waals surface area contributed by atoms with E-state index in [9.17, 15) is 0 Å². The Morgan fingerprint density at radius 3 is 2.47 bits per heavy atom. The number of guanidine groups is 1. The Bertz CT molecular complexity index is 623. The normalized spacial score (nSPS) is 15.4. The van der Waals surface area contributed by atoms with E-state index in [0.29, 0.717) is 12.1 Å². The molecule has 32 heavy (non-hydrogen) atoms. The van der Waals surface area contributed by atoms with Gasteiger partial charge in [-0.1, -0.05) is 6.92 Å². The molecule has 2 heterocycles. The van der Waals surface area contributed by atoms with E-state index in [-0.39, 0.29) is 24.0 Å². The van der Waals surface area contributed by atoms with Gasteiger partial charge in [0.15, 0.2) is 5.96 Å². The molecule has 0 saturated carbocycles. The summed E-state index contributed by atoms with van der Waals surface area (Å²) >= 11 is 0. The van der Waals surface area contributed by atoms with Crippen molar-refractivity contribution in [2.75, 3.05) is 59.0 Å². The highest BCUT2D eigenvalue weighted by Gasteiger charge is 2.13. The van der Waals surface area contributed by atoms with Gasteiger partial charge in [-0.2, -0.15) is 0 Å². The van der Waals surface area contributed by atoms with Crippen molar-refractivity contribution in [3.8, 4) is 0 Å². The van der Waals surface area contributed by atoms with Crippen LogP contribution in [0.5, 0.6) is 0 Å². The molecule has 1 aromatic rings. The standard InChI is InChI=1S/C22H44N8O.HI/c1-6-21-27-26-18-29(21)12-9-24-22(25-10-13-30(19(2)3)20(4)5)23-8-7-11-28-14-16-31-17-15-28;/h18-20H,6-17H2,1-5H3,(H2,23,24,25);1H. The van der Waals surface area contributed by atoms with Crippen molar-refractivity contribution in [3.63, 3.8) is 0 Å². The van der Waals surface area contributed by atoms with Crippen LogP contribution in [0.3, 0.4) is 0 Å². The van der Waals surface area contributed by atoms with Crippen molar-refractivity contribution in [2.45, 2.75) is 66.1 Å². The molecule has 186 valence electrons. The van der Waals surface area contributed by atoms with Crippen LogP contribution in [0.4, 0.5) is 0 Å². The molecule has 9 nitrogen and oxygen atoms in total. The van der Waals surface area contributed by atoms with Crippen LogP contribution in [-0.4, -0.2) is 102 Å². The van der Waals surface area contributed by atoms with Crippen LogP contribution in [0, 0.1) is 0 Å². The van der Waals surface area contributed by atoms with Crippen molar-refractivity contribution in [1.29, 1.82) is 0 Å². The first-order chi connectivity index (χ1) is 15.0. The number of nitrogens with one attached hydrogen (secondary N) is 2. The summed E-state index contributed by atoms with van der Waals surface area (Å²) in [5, 5.41) is 15.2.